The number of rotatable bonds is 5. The van der Waals surface area contributed by atoms with Crippen LogP contribution < -0.4 is 10.7 Å². The van der Waals surface area contributed by atoms with E-state index in [1.807, 2.05) is 30.3 Å². The Labute approximate surface area is 183 Å². The van der Waals surface area contributed by atoms with Gasteiger partial charge in [-0.15, -0.1) is 0 Å². The summed E-state index contributed by atoms with van der Waals surface area (Å²) in [6, 6.07) is 20.2. The van der Waals surface area contributed by atoms with Gasteiger partial charge >= 0.3 is 0 Å². The summed E-state index contributed by atoms with van der Waals surface area (Å²) in [6.45, 7) is 1.79. The van der Waals surface area contributed by atoms with Gasteiger partial charge in [0.2, 0.25) is 0 Å². The fraction of sp³-hybridized carbons (Fsp3) is 0.0435. The van der Waals surface area contributed by atoms with Crippen molar-refractivity contribution < 1.29 is 9.18 Å². The number of nitrogens with zero attached hydrogens (tertiary/aromatic N) is 2. The minimum Gasteiger partial charge on any atom is -0.337 e. The lowest BCUT2D eigenvalue weighted by atomic mass is 10.0. The number of halogens is 1. The Morgan fingerprint density at radius 2 is 1.74 bits per heavy atom. The first-order valence-corrected chi connectivity index (χ1v) is 9.87. The number of aromatic amines is 1. The Morgan fingerprint density at radius 1 is 1.03 bits per heavy atom. The molecule has 3 N–H and O–H groups in total. The van der Waals surface area contributed by atoms with Crippen molar-refractivity contribution in [2.45, 2.75) is 6.92 Å². The lowest BCUT2D eigenvalue weighted by molar-refractivity contribution is 0.103. The van der Waals surface area contributed by atoms with Crippen molar-refractivity contribution in [2.75, 3.05) is 5.32 Å². The number of nitrogens with one attached hydrogen (secondary N) is 3. The van der Waals surface area contributed by atoms with E-state index in [4.69, 9.17) is 12.2 Å². The predicted molar refractivity (Wildman–Crippen MR) is 124 cm³/mol. The molecule has 1 aromatic heterocycles. The van der Waals surface area contributed by atoms with Gasteiger partial charge in [-0.25, -0.2) is 9.37 Å². The summed E-state index contributed by atoms with van der Waals surface area (Å²) in [4.78, 5) is 20.4. The monoisotopic (exact) mass is 431 g/mol. The highest BCUT2D eigenvalue weighted by molar-refractivity contribution is 7.80. The average Bonchev–Trinajstić information content (AvgIpc) is 3.22. The summed E-state index contributed by atoms with van der Waals surface area (Å²) in [5, 5.41) is 7.66. The lowest BCUT2D eigenvalue weighted by Gasteiger charge is -2.06. The SMILES string of the molecule is C/C(=N\NC(=S)Nc1ccccc1)c1nc2cc(C(=O)c3ccc(F)cc3)ccc2[nH]1. The summed E-state index contributed by atoms with van der Waals surface area (Å²) in [6.07, 6.45) is 0. The van der Waals surface area contributed by atoms with Gasteiger partial charge in [0, 0.05) is 16.8 Å². The van der Waals surface area contributed by atoms with Gasteiger partial charge in [-0.3, -0.25) is 10.2 Å². The van der Waals surface area contributed by atoms with Crippen molar-refractivity contribution in [3.05, 3.63) is 95.6 Å². The highest BCUT2D eigenvalue weighted by Gasteiger charge is 2.12. The first-order chi connectivity index (χ1) is 15.0. The van der Waals surface area contributed by atoms with Crippen LogP contribution in [0.25, 0.3) is 11.0 Å². The highest BCUT2D eigenvalue weighted by atomic mass is 32.1. The molecule has 31 heavy (non-hydrogen) atoms. The lowest BCUT2D eigenvalue weighted by Crippen LogP contribution is -2.25. The molecule has 0 spiro atoms. The van der Waals surface area contributed by atoms with E-state index in [1.54, 1.807) is 25.1 Å². The Balaban J connectivity index is 1.49. The number of benzene rings is 3. The van der Waals surface area contributed by atoms with Gasteiger partial charge in [-0.2, -0.15) is 5.10 Å². The second-order valence-corrected chi connectivity index (χ2v) is 7.19. The maximum Gasteiger partial charge on any atom is 0.193 e. The van der Waals surface area contributed by atoms with Gasteiger partial charge in [0.25, 0.3) is 0 Å². The number of H-pyrrole nitrogens is 1. The van der Waals surface area contributed by atoms with Crippen LogP contribution in [0.3, 0.4) is 0 Å². The smallest absolute Gasteiger partial charge is 0.193 e. The first-order valence-electron chi connectivity index (χ1n) is 9.46. The maximum atomic E-state index is 13.1. The quantitative estimate of drug-likeness (QED) is 0.186. The normalized spacial score (nSPS) is 11.4. The number of anilines is 1. The summed E-state index contributed by atoms with van der Waals surface area (Å²) < 4.78 is 13.1. The molecule has 0 aliphatic heterocycles. The van der Waals surface area contributed by atoms with Gasteiger partial charge in [0.1, 0.15) is 11.5 Å². The molecule has 4 aromatic rings. The van der Waals surface area contributed by atoms with E-state index < -0.39 is 0 Å². The number of carbonyl (C=O) groups is 1. The number of para-hydroxylation sites is 1. The molecule has 0 atom stereocenters. The van der Waals surface area contributed by atoms with Crippen LogP contribution in [-0.2, 0) is 0 Å². The summed E-state index contributed by atoms with van der Waals surface area (Å²) >= 11 is 5.25. The molecule has 6 nitrogen and oxygen atoms in total. The first kappa shape index (κ1) is 20.4. The van der Waals surface area contributed by atoms with Crippen LogP contribution in [0.1, 0.15) is 28.7 Å². The van der Waals surface area contributed by atoms with Crippen molar-refractivity contribution in [2.24, 2.45) is 5.10 Å². The maximum absolute atomic E-state index is 13.1. The fourth-order valence-corrected chi connectivity index (χ4v) is 3.12. The molecule has 3 aromatic carbocycles. The predicted octanol–water partition coefficient (Wildman–Crippen LogP) is 4.64. The summed E-state index contributed by atoms with van der Waals surface area (Å²) in [5.41, 5.74) is 6.53. The van der Waals surface area contributed by atoms with Gasteiger partial charge in [-0.1, -0.05) is 18.2 Å². The van der Waals surface area contributed by atoms with Crippen molar-refractivity contribution in [1.29, 1.82) is 0 Å². The molecule has 1 heterocycles. The molecule has 0 radical (unpaired) electrons. The zero-order valence-electron chi connectivity index (χ0n) is 16.5. The Kier molecular flexibility index (Phi) is 5.81. The van der Waals surface area contributed by atoms with Crippen LogP contribution in [0.2, 0.25) is 0 Å². The van der Waals surface area contributed by atoms with Gasteiger partial charge in [0.05, 0.1) is 11.0 Å². The summed E-state index contributed by atoms with van der Waals surface area (Å²) in [5.74, 6) is -0.0296. The number of thiocarbonyl (C=S) groups is 1. The second kappa shape index (κ2) is 8.85. The minimum atomic E-state index is -0.384. The number of hydrazone groups is 1. The second-order valence-electron chi connectivity index (χ2n) is 6.78. The number of ketones is 1. The molecule has 0 aliphatic rings. The van der Waals surface area contributed by atoms with Gasteiger partial charge in [-0.05, 0) is 73.7 Å². The fourth-order valence-electron chi connectivity index (χ4n) is 2.95. The van der Waals surface area contributed by atoms with Crippen LogP contribution in [0.15, 0.2) is 77.9 Å². The van der Waals surface area contributed by atoms with E-state index >= 15 is 0 Å². The van der Waals surface area contributed by atoms with Crippen LogP contribution in [0.4, 0.5) is 10.1 Å². The topological polar surface area (TPSA) is 82.2 Å². The number of hydrogen-bond acceptors (Lipinski definition) is 4. The minimum absolute atomic E-state index is 0.198. The molecule has 0 fully saturated rings. The third-order valence-corrected chi connectivity index (χ3v) is 4.74. The zero-order valence-corrected chi connectivity index (χ0v) is 17.3. The zero-order chi connectivity index (χ0) is 21.8. The van der Waals surface area contributed by atoms with Crippen LogP contribution >= 0.6 is 12.2 Å². The molecule has 0 unspecified atom stereocenters. The van der Waals surface area contributed by atoms with Crippen molar-refractivity contribution in [1.82, 2.24) is 15.4 Å². The van der Waals surface area contributed by atoms with Crippen LogP contribution in [-0.4, -0.2) is 26.6 Å². The van der Waals surface area contributed by atoms with E-state index in [0.717, 1.165) is 11.2 Å². The van der Waals surface area contributed by atoms with Gasteiger partial charge in [0.15, 0.2) is 16.7 Å². The van der Waals surface area contributed by atoms with Crippen LogP contribution in [0.5, 0.6) is 0 Å². The molecular weight excluding hydrogens is 413 g/mol. The number of aromatic nitrogens is 2. The van der Waals surface area contributed by atoms with E-state index in [0.29, 0.717) is 33.3 Å². The standard InChI is InChI=1S/C23H18FN5OS/c1-14(28-29-23(31)25-18-5-3-2-4-6-18)22-26-19-12-9-16(13-20(19)27-22)21(30)15-7-10-17(24)11-8-15/h2-13H,1H3,(H,26,27)(H2,25,29,31)/b28-14+. The van der Waals surface area contributed by atoms with E-state index in [1.165, 1.54) is 24.3 Å². The van der Waals surface area contributed by atoms with E-state index in [2.05, 4.69) is 25.8 Å². The van der Waals surface area contributed by atoms with E-state index in [-0.39, 0.29) is 11.6 Å². The number of carbonyl (C=O) groups excluding carboxylic acids is 1. The average molecular weight is 431 g/mol. The molecular formula is C23H18FN5OS. The Hall–Kier alpha value is -3.91. The van der Waals surface area contributed by atoms with Gasteiger partial charge < -0.3 is 10.3 Å². The molecule has 154 valence electrons. The largest absolute Gasteiger partial charge is 0.337 e. The molecule has 0 saturated heterocycles. The number of imidazole rings is 1. The number of fused-ring (bicyclic) bond motifs is 1. The van der Waals surface area contributed by atoms with Crippen molar-refractivity contribution >= 4 is 45.5 Å². The van der Waals surface area contributed by atoms with E-state index in [9.17, 15) is 9.18 Å². The Bertz CT molecular complexity index is 1280. The molecule has 4 rings (SSSR count). The highest BCUT2D eigenvalue weighted by Crippen LogP contribution is 2.17. The van der Waals surface area contributed by atoms with Crippen molar-refractivity contribution in [3.63, 3.8) is 0 Å². The third kappa shape index (κ3) is 4.81. The molecule has 0 aliphatic carbocycles. The summed E-state index contributed by atoms with van der Waals surface area (Å²) in [7, 11) is 0. The van der Waals surface area contributed by atoms with Crippen molar-refractivity contribution in [3.8, 4) is 0 Å². The molecule has 0 bridgehead atoms. The third-order valence-electron chi connectivity index (χ3n) is 4.55. The number of hydrogen-bond donors (Lipinski definition) is 3. The molecule has 8 heteroatoms. The van der Waals surface area contributed by atoms with Crippen LogP contribution in [0, 0.1) is 5.82 Å². The molecule has 0 saturated carbocycles. The Morgan fingerprint density at radius 3 is 2.48 bits per heavy atom. The molecule has 0 amide bonds.